The normalized spacial score (nSPS) is 19.3. The van der Waals surface area contributed by atoms with Crippen molar-refractivity contribution < 1.29 is 0 Å². The number of hydrogen-bond donors (Lipinski definition) is 1. The van der Waals surface area contributed by atoms with Crippen molar-refractivity contribution in [1.82, 2.24) is 5.32 Å². The Kier molecular flexibility index (Phi) is 8.06. The van der Waals surface area contributed by atoms with Crippen LogP contribution in [-0.4, -0.2) is 10.6 Å². The van der Waals surface area contributed by atoms with Crippen molar-refractivity contribution in [3.8, 4) is 0 Å². The summed E-state index contributed by atoms with van der Waals surface area (Å²) in [5.74, 6) is 2.61. The summed E-state index contributed by atoms with van der Waals surface area (Å²) >= 11 is 0. The van der Waals surface area contributed by atoms with Gasteiger partial charge in [-0.05, 0) is 36.5 Å². The summed E-state index contributed by atoms with van der Waals surface area (Å²) in [6, 6.07) is 0. The maximum Gasteiger partial charge on any atom is 0.0356 e. The lowest BCUT2D eigenvalue weighted by atomic mass is 9.88. The fourth-order valence-electron chi connectivity index (χ4n) is 2.65. The van der Waals surface area contributed by atoms with Crippen LogP contribution < -0.4 is 5.32 Å². The van der Waals surface area contributed by atoms with Gasteiger partial charge >= 0.3 is 0 Å². The molecule has 1 nitrogen and oxygen atoms in total. The molecule has 0 radical (unpaired) electrons. The van der Waals surface area contributed by atoms with E-state index in [4.69, 9.17) is 0 Å². The molecule has 1 N–H and O–H groups in total. The van der Waals surface area contributed by atoms with Gasteiger partial charge in [0.15, 0.2) is 0 Å². The van der Waals surface area contributed by atoms with Crippen molar-refractivity contribution in [3.63, 3.8) is 0 Å². The van der Waals surface area contributed by atoms with E-state index < -0.39 is 0 Å². The molecule has 0 rings (SSSR count). The summed E-state index contributed by atoms with van der Waals surface area (Å²) in [4.78, 5) is 0. The predicted octanol–water partition coefficient (Wildman–Crippen LogP) is 5.12. The Labute approximate surface area is 126 Å². The Morgan fingerprint density at radius 3 is 1.11 bits per heavy atom. The van der Waals surface area contributed by atoms with Gasteiger partial charge in [-0.3, -0.25) is 5.32 Å². The third-order valence-corrected chi connectivity index (χ3v) is 6.11. The summed E-state index contributed by atoms with van der Waals surface area (Å²) in [6.45, 7) is 18.5. The monoisotopic (exact) mass is 305 g/mol. The van der Waals surface area contributed by atoms with Crippen molar-refractivity contribution in [2.45, 2.75) is 78.8 Å². The minimum atomic E-state index is 0.120. The van der Waals surface area contributed by atoms with E-state index in [0.717, 1.165) is 0 Å². The first-order chi connectivity index (χ1) is 8.43. The first kappa shape index (κ1) is 19.8. The van der Waals surface area contributed by atoms with Crippen LogP contribution in [0.3, 0.4) is 0 Å². The number of nitrogens with one attached hydrogen (secondary N) is 1. The second kappa shape index (κ2) is 7.72. The van der Waals surface area contributed by atoms with Crippen molar-refractivity contribution >= 4 is 18.5 Å². The molecule has 0 saturated carbocycles. The minimum absolute atomic E-state index is 0.120. The third kappa shape index (κ3) is 6.41. The molecule has 0 aromatic heterocycles. The quantitative estimate of drug-likeness (QED) is 0.613. The fourth-order valence-corrected chi connectivity index (χ4v) is 4.29. The minimum Gasteiger partial charge on any atom is -0.299 e. The SMILES string of the molecule is CC(C)CC(P)(NC(P)(CC(C)C)C(C)C)C(C)C. The first-order valence-corrected chi connectivity index (χ1v) is 8.95. The lowest BCUT2D eigenvalue weighted by Crippen LogP contribution is -2.57. The van der Waals surface area contributed by atoms with Crippen LogP contribution in [0.15, 0.2) is 0 Å². The van der Waals surface area contributed by atoms with Crippen molar-refractivity contribution in [3.05, 3.63) is 0 Å². The molecule has 0 aromatic carbocycles. The van der Waals surface area contributed by atoms with E-state index in [9.17, 15) is 0 Å². The van der Waals surface area contributed by atoms with E-state index in [2.05, 4.69) is 79.2 Å². The predicted molar refractivity (Wildman–Crippen MR) is 96.6 cm³/mol. The average Bonchev–Trinajstić information content (AvgIpc) is 2.13. The molecule has 3 heteroatoms. The standard InChI is InChI=1S/C16H37NP2/c1-11(2)9-15(18,13(5)6)17-16(19,14(7)8)10-12(3)4/h11-14,17H,9-10,18-19H2,1-8H3. The van der Waals surface area contributed by atoms with Crippen LogP contribution in [0, 0.1) is 23.7 Å². The molecule has 0 heterocycles. The van der Waals surface area contributed by atoms with Crippen molar-refractivity contribution in [2.75, 3.05) is 0 Å². The summed E-state index contributed by atoms with van der Waals surface area (Å²) in [6.07, 6.45) is 2.38. The van der Waals surface area contributed by atoms with Gasteiger partial charge in [0.1, 0.15) is 0 Å². The highest BCUT2D eigenvalue weighted by Gasteiger charge is 2.39. The molecule has 0 aliphatic rings. The molecule has 0 saturated heterocycles. The summed E-state index contributed by atoms with van der Waals surface area (Å²) in [7, 11) is 6.24. The zero-order valence-electron chi connectivity index (χ0n) is 14.4. The van der Waals surface area contributed by atoms with E-state index in [-0.39, 0.29) is 10.6 Å². The van der Waals surface area contributed by atoms with Crippen LogP contribution in [0.1, 0.15) is 68.2 Å². The van der Waals surface area contributed by atoms with Crippen LogP contribution >= 0.6 is 18.5 Å². The smallest absolute Gasteiger partial charge is 0.0356 e. The Bertz CT molecular complexity index is 237. The van der Waals surface area contributed by atoms with Gasteiger partial charge in [-0.15, -0.1) is 18.5 Å². The molecule has 4 atom stereocenters. The maximum atomic E-state index is 3.99. The van der Waals surface area contributed by atoms with Gasteiger partial charge in [0.2, 0.25) is 0 Å². The first-order valence-electron chi connectivity index (χ1n) is 7.80. The second-order valence-electron chi connectivity index (χ2n) is 7.71. The van der Waals surface area contributed by atoms with Gasteiger partial charge in [0, 0.05) is 10.6 Å². The highest BCUT2D eigenvalue weighted by molar-refractivity contribution is 7.20. The molecule has 0 aromatic rings. The van der Waals surface area contributed by atoms with Gasteiger partial charge in [0.25, 0.3) is 0 Å². The Morgan fingerprint density at radius 2 is 0.947 bits per heavy atom. The second-order valence-corrected chi connectivity index (χ2v) is 9.77. The van der Waals surface area contributed by atoms with E-state index in [1.807, 2.05) is 0 Å². The van der Waals surface area contributed by atoms with E-state index >= 15 is 0 Å². The zero-order chi connectivity index (χ0) is 15.4. The molecular weight excluding hydrogens is 268 g/mol. The van der Waals surface area contributed by atoms with Gasteiger partial charge in [-0.2, -0.15) is 0 Å². The lowest BCUT2D eigenvalue weighted by molar-refractivity contribution is 0.201. The van der Waals surface area contributed by atoms with Gasteiger partial charge in [-0.1, -0.05) is 55.4 Å². The number of rotatable bonds is 8. The van der Waals surface area contributed by atoms with Gasteiger partial charge < -0.3 is 0 Å². The molecule has 0 amide bonds. The van der Waals surface area contributed by atoms with Crippen LogP contribution in [0.4, 0.5) is 0 Å². The van der Waals surface area contributed by atoms with Crippen LogP contribution in [0.5, 0.6) is 0 Å². The van der Waals surface area contributed by atoms with Crippen LogP contribution in [-0.2, 0) is 0 Å². The Hall–Kier alpha value is 0.820. The molecule has 0 spiro atoms. The molecular formula is C16H37NP2. The largest absolute Gasteiger partial charge is 0.299 e. The molecule has 0 fully saturated rings. The van der Waals surface area contributed by atoms with Crippen molar-refractivity contribution in [1.29, 1.82) is 0 Å². The fraction of sp³-hybridized carbons (Fsp3) is 1.00. The average molecular weight is 305 g/mol. The molecule has 4 unspecified atom stereocenters. The lowest BCUT2D eigenvalue weighted by Gasteiger charge is -2.47. The third-order valence-electron chi connectivity index (χ3n) is 4.02. The van der Waals surface area contributed by atoms with Gasteiger partial charge in [-0.25, -0.2) is 0 Å². The maximum absolute atomic E-state index is 3.99. The molecule has 116 valence electrons. The molecule has 0 aliphatic carbocycles. The zero-order valence-corrected chi connectivity index (χ0v) is 16.7. The topological polar surface area (TPSA) is 12.0 Å². The molecule has 0 aliphatic heterocycles. The molecule has 19 heavy (non-hydrogen) atoms. The Morgan fingerprint density at radius 1 is 0.684 bits per heavy atom. The van der Waals surface area contributed by atoms with Crippen LogP contribution in [0.2, 0.25) is 0 Å². The van der Waals surface area contributed by atoms with E-state index in [0.29, 0.717) is 23.7 Å². The molecule has 0 bridgehead atoms. The summed E-state index contributed by atoms with van der Waals surface area (Å²) in [5, 5.41) is 4.23. The number of hydrogen-bond acceptors (Lipinski definition) is 1. The van der Waals surface area contributed by atoms with E-state index in [1.54, 1.807) is 0 Å². The Balaban J connectivity index is 5.15. The highest BCUT2D eigenvalue weighted by atomic mass is 31.0. The van der Waals surface area contributed by atoms with Crippen molar-refractivity contribution in [2.24, 2.45) is 23.7 Å². The summed E-state index contributed by atoms with van der Waals surface area (Å²) < 4.78 is 0. The highest BCUT2D eigenvalue weighted by Crippen LogP contribution is 2.40. The van der Waals surface area contributed by atoms with Gasteiger partial charge in [0.05, 0.1) is 0 Å². The van der Waals surface area contributed by atoms with E-state index in [1.165, 1.54) is 12.8 Å². The van der Waals surface area contributed by atoms with Crippen LogP contribution in [0.25, 0.3) is 0 Å². The summed E-state index contributed by atoms with van der Waals surface area (Å²) in [5.41, 5.74) is 0.